The highest BCUT2D eigenvalue weighted by molar-refractivity contribution is 5.94. The molecule has 0 unspecified atom stereocenters. The lowest BCUT2D eigenvalue weighted by Gasteiger charge is -2.11. The first-order chi connectivity index (χ1) is 13.7. The zero-order valence-electron chi connectivity index (χ0n) is 15.4. The topological polar surface area (TPSA) is 106 Å². The number of aromatic nitrogens is 3. The molecule has 2 aromatic rings. The predicted molar refractivity (Wildman–Crippen MR) is 95.1 cm³/mol. The Labute approximate surface area is 163 Å². The highest BCUT2D eigenvalue weighted by Gasteiger charge is 2.30. The lowest BCUT2D eigenvalue weighted by molar-refractivity contribution is -0.154. The Morgan fingerprint density at radius 2 is 1.97 bits per heavy atom. The van der Waals surface area contributed by atoms with Crippen molar-refractivity contribution in [2.24, 2.45) is 5.92 Å². The van der Waals surface area contributed by atoms with Crippen molar-refractivity contribution in [2.75, 3.05) is 11.9 Å². The number of nitrogens with one attached hydrogen (secondary N) is 2. The minimum absolute atomic E-state index is 0.0189. The molecule has 1 fully saturated rings. The molecule has 0 spiro atoms. The van der Waals surface area contributed by atoms with E-state index in [-0.39, 0.29) is 35.9 Å². The average molecular weight is 409 g/mol. The van der Waals surface area contributed by atoms with Gasteiger partial charge in [0.1, 0.15) is 5.69 Å². The van der Waals surface area contributed by atoms with Gasteiger partial charge in [0.2, 0.25) is 17.7 Å². The molecule has 1 aliphatic rings. The van der Waals surface area contributed by atoms with Gasteiger partial charge >= 0.3 is 6.18 Å². The Kier molecular flexibility index (Phi) is 5.95. The molecule has 154 valence electrons. The van der Waals surface area contributed by atoms with E-state index in [4.69, 9.17) is 0 Å². The van der Waals surface area contributed by atoms with Crippen LogP contribution in [0.25, 0.3) is 0 Å². The second-order valence-corrected chi connectivity index (χ2v) is 6.51. The fourth-order valence-electron chi connectivity index (χ4n) is 2.36. The first-order valence-corrected chi connectivity index (χ1v) is 8.79. The van der Waals surface area contributed by atoms with Gasteiger partial charge in [-0.3, -0.25) is 14.9 Å². The van der Waals surface area contributed by atoms with Crippen LogP contribution in [0.4, 0.5) is 19.1 Å². The maximum absolute atomic E-state index is 12.3. The minimum atomic E-state index is -4.45. The van der Waals surface area contributed by atoms with Crippen molar-refractivity contribution in [1.82, 2.24) is 20.3 Å². The molecule has 2 aromatic heterocycles. The standard InChI is InChI=1S/C18H18F3N5O3/c1-10-12(4-5-14(24-10)29-9-18(19,20)21)8-23-16(28)13-6-7-22-17(25-13)26-15(27)11-2-3-11/h4-7,11H,2-3,8-9H2,1H3,(H,23,28)(H,22,25,26,27). The molecule has 0 aliphatic heterocycles. The highest BCUT2D eigenvalue weighted by atomic mass is 19.4. The van der Waals surface area contributed by atoms with Crippen molar-refractivity contribution < 1.29 is 27.5 Å². The van der Waals surface area contributed by atoms with Crippen LogP contribution in [-0.2, 0) is 11.3 Å². The summed E-state index contributed by atoms with van der Waals surface area (Å²) in [5.41, 5.74) is 1.10. The zero-order valence-corrected chi connectivity index (χ0v) is 15.4. The first-order valence-electron chi connectivity index (χ1n) is 8.79. The van der Waals surface area contributed by atoms with Gasteiger partial charge in [-0.1, -0.05) is 6.07 Å². The van der Waals surface area contributed by atoms with E-state index in [1.807, 2.05) is 0 Å². The number of ether oxygens (including phenoxy) is 1. The molecule has 3 rings (SSSR count). The Morgan fingerprint density at radius 3 is 2.62 bits per heavy atom. The van der Waals surface area contributed by atoms with E-state index in [9.17, 15) is 22.8 Å². The number of pyridine rings is 1. The van der Waals surface area contributed by atoms with E-state index in [2.05, 4.69) is 30.3 Å². The largest absolute Gasteiger partial charge is 0.468 e. The van der Waals surface area contributed by atoms with Crippen LogP contribution in [-0.4, -0.2) is 39.5 Å². The number of anilines is 1. The SMILES string of the molecule is Cc1nc(OCC(F)(F)F)ccc1CNC(=O)c1ccnc(NC(=O)C2CC2)n1. The molecule has 0 atom stereocenters. The van der Waals surface area contributed by atoms with Crippen molar-refractivity contribution in [3.05, 3.63) is 41.3 Å². The average Bonchev–Trinajstić information content (AvgIpc) is 3.50. The monoisotopic (exact) mass is 409 g/mol. The van der Waals surface area contributed by atoms with Crippen molar-refractivity contribution in [3.8, 4) is 5.88 Å². The van der Waals surface area contributed by atoms with E-state index >= 15 is 0 Å². The molecule has 0 aromatic carbocycles. The predicted octanol–water partition coefficient (Wildman–Crippen LogP) is 2.40. The van der Waals surface area contributed by atoms with Crippen molar-refractivity contribution in [2.45, 2.75) is 32.5 Å². The summed E-state index contributed by atoms with van der Waals surface area (Å²) in [6.45, 7) is 0.256. The number of rotatable bonds is 7. The van der Waals surface area contributed by atoms with Crippen LogP contribution in [0.2, 0.25) is 0 Å². The van der Waals surface area contributed by atoms with Crippen LogP contribution >= 0.6 is 0 Å². The van der Waals surface area contributed by atoms with Gasteiger partial charge < -0.3 is 10.1 Å². The second-order valence-electron chi connectivity index (χ2n) is 6.51. The number of aryl methyl sites for hydroxylation is 1. The van der Waals surface area contributed by atoms with E-state index < -0.39 is 18.7 Å². The van der Waals surface area contributed by atoms with Gasteiger partial charge in [0.25, 0.3) is 5.91 Å². The summed E-state index contributed by atoms with van der Waals surface area (Å²) < 4.78 is 41.2. The van der Waals surface area contributed by atoms with E-state index in [1.54, 1.807) is 6.92 Å². The molecule has 29 heavy (non-hydrogen) atoms. The lowest BCUT2D eigenvalue weighted by Crippen LogP contribution is -2.25. The van der Waals surface area contributed by atoms with Gasteiger partial charge in [0.05, 0.1) is 0 Å². The van der Waals surface area contributed by atoms with Gasteiger partial charge in [0, 0.05) is 30.4 Å². The van der Waals surface area contributed by atoms with Gasteiger partial charge in [-0.2, -0.15) is 13.2 Å². The maximum atomic E-state index is 12.3. The smallest absolute Gasteiger partial charge is 0.422 e. The van der Waals surface area contributed by atoms with Crippen molar-refractivity contribution in [3.63, 3.8) is 0 Å². The number of carbonyl (C=O) groups excluding carboxylic acids is 2. The van der Waals surface area contributed by atoms with Gasteiger partial charge in [0.15, 0.2) is 6.61 Å². The van der Waals surface area contributed by atoms with E-state index in [0.29, 0.717) is 11.3 Å². The van der Waals surface area contributed by atoms with Crippen LogP contribution in [0.15, 0.2) is 24.4 Å². The number of alkyl halides is 3. The van der Waals surface area contributed by atoms with Crippen LogP contribution in [0.5, 0.6) is 5.88 Å². The van der Waals surface area contributed by atoms with Crippen LogP contribution in [0.1, 0.15) is 34.6 Å². The molecule has 1 saturated carbocycles. The lowest BCUT2D eigenvalue weighted by atomic mass is 10.2. The van der Waals surface area contributed by atoms with Crippen LogP contribution < -0.4 is 15.4 Å². The quantitative estimate of drug-likeness (QED) is 0.728. The summed E-state index contributed by atoms with van der Waals surface area (Å²) >= 11 is 0. The third-order valence-corrected chi connectivity index (χ3v) is 4.06. The Balaban J connectivity index is 1.56. The fourth-order valence-corrected chi connectivity index (χ4v) is 2.36. The summed E-state index contributed by atoms with van der Waals surface area (Å²) in [5.74, 6) is -0.779. The summed E-state index contributed by atoms with van der Waals surface area (Å²) in [7, 11) is 0. The van der Waals surface area contributed by atoms with Crippen LogP contribution in [0.3, 0.4) is 0 Å². The summed E-state index contributed by atoms with van der Waals surface area (Å²) in [6, 6.07) is 4.23. The van der Waals surface area contributed by atoms with Crippen molar-refractivity contribution >= 4 is 17.8 Å². The second kappa shape index (κ2) is 8.41. The molecule has 2 amide bonds. The number of hydrogen-bond donors (Lipinski definition) is 2. The Bertz CT molecular complexity index is 916. The van der Waals surface area contributed by atoms with Gasteiger partial charge in [-0.05, 0) is 31.4 Å². The molecule has 2 heterocycles. The first kappa shape index (κ1) is 20.5. The minimum Gasteiger partial charge on any atom is -0.468 e. The van der Waals surface area contributed by atoms with Crippen LogP contribution in [0, 0.1) is 12.8 Å². The fraction of sp³-hybridized carbons (Fsp3) is 0.389. The summed E-state index contributed by atoms with van der Waals surface area (Å²) in [5, 5.41) is 5.21. The summed E-state index contributed by atoms with van der Waals surface area (Å²) in [6.07, 6.45) is -1.42. The van der Waals surface area contributed by atoms with Crippen molar-refractivity contribution in [1.29, 1.82) is 0 Å². The molecule has 11 heteroatoms. The normalized spacial score (nSPS) is 13.7. The molecule has 8 nitrogen and oxygen atoms in total. The number of nitrogens with zero attached hydrogens (tertiary/aromatic N) is 3. The number of amides is 2. The van der Waals surface area contributed by atoms with Gasteiger partial charge in [-0.15, -0.1) is 0 Å². The molecule has 0 saturated heterocycles. The highest BCUT2D eigenvalue weighted by Crippen LogP contribution is 2.29. The molecular weight excluding hydrogens is 391 g/mol. The third-order valence-electron chi connectivity index (χ3n) is 4.06. The number of carbonyl (C=O) groups is 2. The molecule has 1 aliphatic carbocycles. The maximum Gasteiger partial charge on any atom is 0.422 e. The summed E-state index contributed by atoms with van der Waals surface area (Å²) in [4.78, 5) is 36.0. The van der Waals surface area contributed by atoms with E-state index in [1.165, 1.54) is 24.4 Å². The van der Waals surface area contributed by atoms with Gasteiger partial charge in [-0.25, -0.2) is 15.0 Å². The Morgan fingerprint density at radius 1 is 1.21 bits per heavy atom. The zero-order chi connectivity index (χ0) is 21.0. The molecular formula is C18H18F3N5O3. The molecule has 0 radical (unpaired) electrons. The molecule has 2 N–H and O–H groups in total. The Hall–Kier alpha value is -3.24. The number of halogens is 3. The molecule has 0 bridgehead atoms. The van der Waals surface area contributed by atoms with E-state index in [0.717, 1.165) is 12.8 Å². The third kappa shape index (κ3) is 6.13. The number of hydrogen-bond acceptors (Lipinski definition) is 6.